The standard InChI is InChI=1S/C10H15N7O2/c11-5-8-6-16(3-4-19-8)1-2-17-7-9(14-15-17)10(18)13-12/h7-8H,1-4,6,12H2,(H,13,18). The van der Waals surface area contributed by atoms with Crippen LogP contribution in [0.15, 0.2) is 6.20 Å². The maximum absolute atomic E-state index is 11.2. The molecule has 1 aliphatic heterocycles. The first-order valence-corrected chi connectivity index (χ1v) is 5.87. The molecule has 0 aromatic carbocycles. The summed E-state index contributed by atoms with van der Waals surface area (Å²) in [5, 5.41) is 16.3. The van der Waals surface area contributed by atoms with Crippen LogP contribution in [0.4, 0.5) is 0 Å². The molecule has 19 heavy (non-hydrogen) atoms. The molecule has 0 saturated carbocycles. The smallest absolute Gasteiger partial charge is 0.287 e. The molecule has 2 heterocycles. The summed E-state index contributed by atoms with van der Waals surface area (Å²) in [7, 11) is 0. The van der Waals surface area contributed by atoms with Gasteiger partial charge in [0.25, 0.3) is 5.91 Å². The maximum atomic E-state index is 11.2. The van der Waals surface area contributed by atoms with Crippen LogP contribution in [0.2, 0.25) is 0 Å². The molecule has 9 nitrogen and oxygen atoms in total. The third-order valence-electron chi connectivity index (χ3n) is 2.84. The minimum absolute atomic E-state index is 0.180. The minimum Gasteiger partial charge on any atom is -0.361 e. The van der Waals surface area contributed by atoms with Gasteiger partial charge in [0.05, 0.1) is 25.4 Å². The molecule has 1 aromatic rings. The van der Waals surface area contributed by atoms with Gasteiger partial charge in [-0.05, 0) is 0 Å². The molecular formula is C10H15N7O2. The van der Waals surface area contributed by atoms with E-state index in [2.05, 4.69) is 21.3 Å². The number of hydrazine groups is 1. The van der Waals surface area contributed by atoms with Gasteiger partial charge in [0.1, 0.15) is 0 Å². The molecule has 102 valence electrons. The van der Waals surface area contributed by atoms with Gasteiger partial charge in [-0.2, -0.15) is 5.26 Å². The van der Waals surface area contributed by atoms with E-state index < -0.39 is 5.91 Å². The number of nitriles is 1. The predicted octanol–water partition coefficient (Wildman–Crippen LogP) is -1.89. The highest BCUT2D eigenvalue weighted by Crippen LogP contribution is 2.04. The number of carbonyl (C=O) groups is 1. The second-order valence-corrected chi connectivity index (χ2v) is 4.13. The summed E-state index contributed by atoms with van der Waals surface area (Å²) in [5.41, 5.74) is 2.18. The van der Waals surface area contributed by atoms with Crippen LogP contribution in [0.5, 0.6) is 0 Å². The lowest BCUT2D eigenvalue weighted by atomic mass is 10.3. The number of aromatic nitrogens is 3. The van der Waals surface area contributed by atoms with Crippen molar-refractivity contribution in [1.29, 1.82) is 5.26 Å². The van der Waals surface area contributed by atoms with E-state index >= 15 is 0 Å². The molecule has 1 fully saturated rings. The topological polar surface area (TPSA) is 122 Å². The van der Waals surface area contributed by atoms with E-state index in [9.17, 15) is 4.79 Å². The first kappa shape index (κ1) is 13.4. The van der Waals surface area contributed by atoms with E-state index in [1.165, 1.54) is 6.20 Å². The normalized spacial score (nSPS) is 19.9. The van der Waals surface area contributed by atoms with Crippen molar-refractivity contribution < 1.29 is 9.53 Å². The molecule has 1 amide bonds. The Morgan fingerprint density at radius 3 is 3.26 bits per heavy atom. The second-order valence-electron chi connectivity index (χ2n) is 4.13. The van der Waals surface area contributed by atoms with Crippen molar-refractivity contribution in [2.75, 3.05) is 26.2 Å². The highest BCUT2D eigenvalue weighted by Gasteiger charge is 2.19. The van der Waals surface area contributed by atoms with Crippen molar-refractivity contribution in [2.24, 2.45) is 5.84 Å². The van der Waals surface area contributed by atoms with Crippen molar-refractivity contribution >= 4 is 5.91 Å². The van der Waals surface area contributed by atoms with Gasteiger partial charge >= 0.3 is 0 Å². The average Bonchev–Trinajstić information content (AvgIpc) is 2.93. The molecule has 0 aliphatic carbocycles. The Hall–Kier alpha value is -2.02. The van der Waals surface area contributed by atoms with Crippen LogP contribution < -0.4 is 11.3 Å². The molecule has 0 radical (unpaired) electrons. The number of morpholine rings is 1. The maximum Gasteiger partial charge on any atom is 0.287 e. The van der Waals surface area contributed by atoms with Gasteiger partial charge in [0.2, 0.25) is 0 Å². The van der Waals surface area contributed by atoms with Crippen LogP contribution in [-0.4, -0.2) is 58.1 Å². The van der Waals surface area contributed by atoms with Gasteiger partial charge in [0.15, 0.2) is 11.8 Å². The zero-order valence-electron chi connectivity index (χ0n) is 10.3. The molecule has 0 bridgehead atoms. The van der Waals surface area contributed by atoms with Crippen LogP contribution in [0.1, 0.15) is 10.5 Å². The van der Waals surface area contributed by atoms with E-state index in [1.807, 2.05) is 5.43 Å². The van der Waals surface area contributed by atoms with E-state index in [0.717, 1.165) is 6.54 Å². The summed E-state index contributed by atoms with van der Waals surface area (Å²) in [6.45, 7) is 3.22. The number of hydrogen-bond donors (Lipinski definition) is 2. The highest BCUT2D eigenvalue weighted by molar-refractivity contribution is 5.91. The molecule has 1 aliphatic rings. The number of rotatable bonds is 4. The average molecular weight is 265 g/mol. The summed E-state index contributed by atoms with van der Waals surface area (Å²) in [4.78, 5) is 13.3. The lowest BCUT2D eigenvalue weighted by molar-refractivity contribution is -0.000897. The van der Waals surface area contributed by atoms with Crippen LogP contribution in [0.25, 0.3) is 0 Å². The number of nitrogens with two attached hydrogens (primary N) is 1. The monoisotopic (exact) mass is 265 g/mol. The van der Waals surface area contributed by atoms with Gasteiger partial charge in [-0.3, -0.25) is 19.8 Å². The van der Waals surface area contributed by atoms with Crippen molar-refractivity contribution in [3.8, 4) is 6.07 Å². The highest BCUT2D eigenvalue weighted by atomic mass is 16.5. The first-order chi connectivity index (χ1) is 9.22. The summed E-state index contributed by atoms with van der Waals surface area (Å²) in [6, 6.07) is 2.09. The van der Waals surface area contributed by atoms with Crippen molar-refractivity contribution in [1.82, 2.24) is 25.3 Å². The number of nitrogen functional groups attached to an aromatic ring is 1. The fourth-order valence-corrected chi connectivity index (χ4v) is 1.81. The Kier molecular flexibility index (Phi) is 4.40. The van der Waals surface area contributed by atoms with Crippen LogP contribution in [0, 0.1) is 11.3 Å². The fraction of sp³-hybridized carbons (Fsp3) is 0.600. The fourth-order valence-electron chi connectivity index (χ4n) is 1.81. The summed E-state index contributed by atoms with van der Waals surface area (Å²) in [6.07, 6.45) is 1.16. The first-order valence-electron chi connectivity index (χ1n) is 5.87. The molecule has 0 spiro atoms. The summed E-state index contributed by atoms with van der Waals surface area (Å²) < 4.78 is 6.83. The third-order valence-corrected chi connectivity index (χ3v) is 2.84. The molecular weight excluding hydrogens is 250 g/mol. The molecule has 2 rings (SSSR count). The van der Waals surface area contributed by atoms with Crippen molar-refractivity contribution in [3.63, 3.8) is 0 Å². The number of carbonyl (C=O) groups excluding carboxylic acids is 1. The molecule has 1 aromatic heterocycles. The molecule has 1 unspecified atom stereocenters. The SMILES string of the molecule is N#CC1CN(CCn2cc(C(=O)NN)nn2)CCO1. The van der Waals surface area contributed by atoms with Crippen LogP contribution in [0.3, 0.4) is 0 Å². The van der Waals surface area contributed by atoms with Crippen LogP contribution >= 0.6 is 0 Å². The Labute approximate surface area is 109 Å². The van der Waals surface area contributed by atoms with Crippen molar-refractivity contribution in [2.45, 2.75) is 12.6 Å². The van der Waals surface area contributed by atoms with E-state index in [4.69, 9.17) is 15.8 Å². The Balaban J connectivity index is 1.83. The van der Waals surface area contributed by atoms with Gasteiger partial charge < -0.3 is 4.74 Å². The van der Waals surface area contributed by atoms with E-state index in [1.54, 1.807) is 4.68 Å². The van der Waals surface area contributed by atoms with E-state index in [0.29, 0.717) is 26.2 Å². The predicted molar refractivity (Wildman–Crippen MR) is 63.5 cm³/mol. The number of nitrogens with zero attached hydrogens (tertiary/aromatic N) is 5. The van der Waals surface area contributed by atoms with Gasteiger partial charge in [0, 0.05) is 19.6 Å². The number of hydrogen-bond acceptors (Lipinski definition) is 7. The number of nitrogens with one attached hydrogen (secondary N) is 1. The zero-order chi connectivity index (χ0) is 13.7. The van der Waals surface area contributed by atoms with Crippen molar-refractivity contribution in [3.05, 3.63) is 11.9 Å². The molecule has 1 atom stereocenters. The lowest BCUT2D eigenvalue weighted by Gasteiger charge is -2.29. The second kappa shape index (κ2) is 6.24. The third kappa shape index (κ3) is 3.47. The molecule has 1 saturated heterocycles. The molecule has 9 heteroatoms. The Morgan fingerprint density at radius 2 is 2.53 bits per heavy atom. The minimum atomic E-state index is -0.470. The Morgan fingerprint density at radius 1 is 1.68 bits per heavy atom. The van der Waals surface area contributed by atoms with E-state index in [-0.39, 0.29) is 11.8 Å². The largest absolute Gasteiger partial charge is 0.361 e. The molecule has 3 N–H and O–H groups in total. The summed E-state index contributed by atoms with van der Waals surface area (Å²) >= 11 is 0. The summed E-state index contributed by atoms with van der Waals surface area (Å²) in [5.74, 6) is 4.54. The van der Waals surface area contributed by atoms with Gasteiger partial charge in [-0.25, -0.2) is 5.84 Å². The quantitative estimate of drug-likeness (QED) is 0.370. The Bertz CT molecular complexity index is 480. The van der Waals surface area contributed by atoms with Crippen LogP contribution in [-0.2, 0) is 11.3 Å². The zero-order valence-corrected chi connectivity index (χ0v) is 10.3. The number of amides is 1. The van der Waals surface area contributed by atoms with Gasteiger partial charge in [-0.15, -0.1) is 5.10 Å². The van der Waals surface area contributed by atoms with Gasteiger partial charge in [-0.1, -0.05) is 5.21 Å². The number of ether oxygens (including phenoxy) is 1. The lowest BCUT2D eigenvalue weighted by Crippen LogP contribution is -2.43.